The molecule has 1 aromatic carbocycles. The van der Waals surface area contributed by atoms with Crippen LogP contribution in [0.3, 0.4) is 0 Å². The second-order valence-electron chi connectivity index (χ2n) is 4.62. The standard InChI is InChI=1S/C12H15N2O2P/c1-8-5-6-9-10(11(8)17(3,4)16)7-13-14(2)12(9)15/h5-7H,1-4H3. The SMILES string of the molecule is Cc1ccc2c(=O)n(C)ncc2c1P(C)(C)=O. The van der Waals surface area contributed by atoms with Crippen molar-refractivity contribution in [2.45, 2.75) is 6.92 Å². The van der Waals surface area contributed by atoms with Crippen molar-refractivity contribution < 1.29 is 4.57 Å². The zero-order chi connectivity index (χ0) is 12.8. The number of hydrogen-bond acceptors (Lipinski definition) is 3. The van der Waals surface area contributed by atoms with Crippen molar-refractivity contribution in [3.8, 4) is 0 Å². The molecule has 0 fully saturated rings. The van der Waals surface area contributed by atoms with Crippen molar-refractivity contribution in [1.29, 1.82) is 0 Å². The van der Waals surface area contributed by atoms with E-state index in [9.17, 15) is 9.36 Å². The summed E-state index contributed by atoms with van der Waals surface area (Å²) in [6, 6.07) is 3.62. The van der Waals surface area contributed by atoms with E-state index in [1.165, 1.54) is 4.68 Å². The monoisotopic (exact) mass is 250 g/mol. The van der Waals surface area contributed by atoms with E-state index in [0.29, 0.717) is 10.8 Å². The number of fused-ring (bicyclic) bond motifs is 1. The molecular formula is C12H15N2O2P. The van der Waals surface area contributed by atoms with Crippen LogP contribution in [-0.2, 0) is 11.6 Å². The number of benzene rings is 1. The lowest BCUT2D eigenvalue weighted by Gasteiger charge is -2.14. The lowest BCUT2D eigenvalue weighted by molar-refractivity contribution is 0.588. The molecule has 0 saturated heterocycles. The van der Waals surface area contributed by atoms with E-state index in [1.807, 2.05) is 13.0 Å². The molecule has 0 radical (unpaired) electrons. The maximum Gasteiger partial charge on any atom is 0.274 e. The van der Waals surface area contributed by atoms with Crippen molar-refractivity contribution in [2.75, 3.05) is 13.3 Å². The van der Waals surface area contributed by atoms with E-state index in [1.54, 1.807) is 32.6 Å². The van der Waals surface area contributed by atoms with Gasteiger partial charge in [-0.25, -0.2) is 4.68 Å². The maximum atomic E-state index is 12.3. The van der Waals surface area contributed by atoms with Crippen LogP contribution in [0.1, 0.15) is 5.56 Å². The normalized spacial score (nSPS) is 12.0. The van der Waals surface area contributed by atoms with Gasteiger partial charge >= 0.3 is 0 Å². The molecule has 4 nitrogen and oxygen atoms in total. The molecule has 2 rings (SSSR count). The Bertz CT molecular complexity index is 697. The topological polar surface area (TPSA) is 52.0 Å². The van der Waals surface area contributed by atoms with Crippen molar-refractivity contribution in [2.24, 2.45) is 7.05 Å². The number of rotatable bonds is 1. The first-order valence-corrected chi connectivity index (χ1v) is 7.93. The first kappa shape index (κ1) is 12.1. The Morgan fingerprint density at radius 1 is 1.24 bits per heavy atom. The van der Waals surface area contributed by atoms with Crippen LogP contribution in [0.2, 0.25) is 0 Å². The number of aryl methyl sites for hydroxylation is 2. The van der Waals surface area contributed by atoms with E-state index < -0.39 is 7.14 Å². The van der Waals surface area contributed by atoms with Gasteiger partial charge in [-0.2, -0.15) is 5.10 Å². The van der Waals surface area contributed by atoms with E-state index in [-0.39, 0.29) is 5.56 Å². The van der Waals surface area contributed by atoms with Gasteiger partial charge in [0.15, 0.2) is 0 Å². The van der Waals surface area contributed by atoms with Gasteiger partial charge in [0.1, 0.15) is 7.14 Å². The summed E-state index contributed by atoms with van der Waals surface area (Å²) in [5.74, 6) is 0. The third-order valence-corrected chi connectivity index (χ3v) is 4.51. The van der Waals surface area contributed by atoms with Gasteiger partial charge in [-0.05, 0) is 31.9 Å². The van der Waals surface area contributed by atoms with Crippen LogP contribution in [-0.4, -0.2) is 23.1 Å². The van der Waals surface area contributed by atoms with Crippen LogP contribution >= 0.6 is 7.14 Å². The maximum absolute atomic E-state index is 12.3. The predicted octanol–water partition coefficient (Wildman–Crippen LogP) is 1.49. The molecule has 0 amide bonds. The summed E-state index contributed by atoms with van der Waals surface area (Å²) in [4.78, 5) is 11.9. The second-order valence-corrected chi connectivity index (χ2v) is 7.77. The van der Waals surface area contributed by atoms with Crippen molar-refractivity contribution in [1.82, 2.24) is 9.78 Å². The molecule has 0 unspecified atom stereocenters. The third kappa shape index (κ3) is 1.93. The molecule has 1 aromatic heterocycles. The van der Waals surface area contributed by atoms with Crippen LogP contribution in [0.4, 0.5) is 0 Å². The lowest BCUT2D eigenvalue weighted by Crippen LogP contribution is -2.22. The molecule has 5 heteroatoms. The summed E-state index contributed by atoms with van der Waals surface area (Å²) >= 11 is 0. The van der Waals surface area contributed by atoms with Crippen molar-refractivity contribution in [3.05, 3.63) is 34.2 Å². The van der Waals surface area contributed by atoms with Crippen LogP contribution in [0, 0.1) is 6.92 Å². The van der Waals surface area contributed by atoms with Gasteiger partial charge in [0.2, 0.25) is 0 Å². The van der Waals surface area contributed by atoms with Gasteiger partial charge in [0.25, 0.3) is 5.56 Å². The minimum atomic E-state index is -2.42. The first-order valence-electron chi connectivity index (χ1n) is 5.33. The summed E-state index contributed by atoms with van der Waals surface area (Å²) in [5, 5.41) is 6.05. The summed E-state index contributed by atoms with van der Waals surface area (Å²) < 4.78 is 13.6. The van der Waals surface area contributed by atoms with Crippen LogP contribution < -0.4 is 10.9 Å². The van der Waals surface area contributed by atoms with Gasteiger partial charge < -0.3 is 4.57 Å². The zero-order valence-electron chi connectivity index (χ0n) is 10.4. The average molecular weight is 250 g/mol. The number of nitrogens with zero attached hydrogens (tertiary/aromatic N) is 2. The Balaban J connectivity index is 3.04. The van der Waals surface area contributed by atoms with Crippen LogP contribution in [0.15, 0.2) is 23.1 Å². The lowest BCUT2D eigenvalue weighted by atomic mass is 10.1. The molecule has 0 aliphatic carbocycles. The smallest absolute Gasteiger partial charge is 0.274 e. The highest BCUT2D eigenvalue weighted by Crippen LogP contribution is 2.38. The van der Waals surface area contributed by atoms with Gasteiger partial charge in [-0.3, -0.25) is 4.79 Å². The van der Waals surface area contributed by atoms with Crippen molar-refractivity contribution >= 4 is 23.2 Å². The minimum absolute atomic E-state index is 0.155. The fourth-order valence-corrected chi connectivity index (χ4v) is 3.80. The third-order valence-electron chi connectivity index (χ3n) is 2.84. The van der Waals surface area contributed by atoms with Gasteiger partial charge in [-0.1, -0.05) is 6.07 Å². The van der Waals surface area contributed by atoms with E-state index in [0.717, 1.165) is 10.9 Å². The molecule has 0 N–H and O–H groups in total. The zero-order valence-corrected chi connectivity index (χ0v) is 11.3. The van der Waals surface area contributed by atoms with Gasteiger partial charge in [0.05, 0.1) is 11.6 Å². The predicted molar refractivity (Wildman–Crippen MR) is 70.8 cm³/mol. The first-order chi connectivity index (χ1) is 7.82. The largest absolute Gasteiger partial charge is 0.319 e. The van der Waals surface area contributed by atoms with Crippen LogP contribution in [0.25, 0.3) is 10.8 Å². The molecule has 1 heterocycles. The Kier molecular flexibility index (Phi) is 2.70. The molecule has 0 spiro atoms. The van der Waals surface area contributed by atoms with Gasteiger partial charge in [0, 0.05) is 17.7 Å². The highest BCUT2D eigenvalue weighted by Gasteiger charge is 2.19. The Labute approximate surface area is 99.6 Å². The summed E-state index contributed by atoms with van der Waals surface area (Å²) in [5.41, 5.74) is 0.790. The molecule has 0 saturated carbocycles. The molecular weight excluding hydrogens is 235 g/mol. The van der Waals surface area contributed by atoms with E-state index in [4.69, 9.17) is 0 Å². The molecule has 0 aliphatic heterocycles. The average Bonchev–Trinajstić information content (AvgIpc) is 2.21. The quantitative estimate of drug-likeness (QED) is 0.720. The molecule has 0 atom stereocenters. The Morgan fingerprint density at radius 2 is 1.88 bits per heavy atom. The number of aromatic nitrogens is 2. The fourth-order valence-electron chi connectivity index (χ4n) is 2.12. The summed E-state index contributed by atoms with van der Waals surface area (Å²) in [6.45, 7) is 5.34. The second kappa shape index (κ2) is 3.81. The minimum Gasteiger partial charge on any atom is -0.319 e. The van der Waals surface area contributed by atoms with E-state index >= 15 is 0 Å². The van der Waals surface area contributed by atoms with Gasteiger partial charge in [-0.15, -0.1) is 0 Å². The molecule has 90 valence electrons. The molecule has 2 aromatic rings. The Morgan fingerprint density at radius 3 is 2.47 bits per heavy atom. The highest BCUT2D eigenvalue weighted by molar-refractivity contribution is 7.70. The number of hydrogen-bond donors (Lipinski definition) is 0. The summed E-state index contributed by atoms with van der Waals surface area (Å²) in [6.07, 6.45) is 1.62. The highest BCUT2D eigenvalue weighted by atomic mass is 31.2. The molecule has 0 bridgehead atoms. The summed E-state index contributed by atoms with van der Waals surface area (Å²) in [7, 11) is -0.814. The van der Waals surface area contributed by atoms with Crippen molar-refractivity contribution in [3.63, 3.8) is 0 Å². The molecule has 0 aliphatic rings. The fraction of sp³-hybridized carbons (Fsp3) is 0.333. The van der Waals surface area contributed by atoms with E-state index in [2.05, 4.69) is 5.10 Å². The van der Waals surface area contributed by atoms with Crippen LogP contribution in [0.5, 0.6) is 0 Å². The molecule has 17 heavy (non-hydrogen) atoms. The Hall–Kier alpha value is -1.41.